The van der Waals surface area contributed by atoms with E-state index in [1.54, 1.807) is 0 Å². The number of aromatic nitrogens is 3. The largest absolute Gasteiger partial charge is 0.455 e. The Labute approximate surface area is 224 Å². The molecule has 0 aliphatic rings. The molecule has 0 aliphatic heterocycles. The molecule has 7 aromatic rings. The molecule has 0 bridgehead atoms. The minimum atomic E-state index is 0.551. The highest BCUT2D eigenvalue weighted by atomic mass is 35.5. The molecule has 2 aromatic heterocycles. The van der Waals surface area contributed by atoms with Crippen molar-refractivity contribution in [3.8, 4) is 45.3 Å². The minimum absolute atomic E-state index is 0.551. The molecular weight excluding hydrogens is 490 g/mol. The van der Waals surface area contributed by atoms with Crippen LogP contribution in [0.15, 0.2) is 126 Å². The highest BCUT2D eigenvalue weighted by molar-refractivity contribution is 6.30. The van der Waals surface area contributed by atoms with Gasteiger partial charge in [-0.3, -0.25) is 0 Å². The summed E-state index contributed by atoms with van der Waals surface area (Å²) < 4.78 is 6.30. The normalized spacial score (nSPS) is 11.3. The van der Waals surface area contributed by atoms with Crippen LogP contribution in [0.1, 0.15) is 0 Å². The van der Waals surface area contributed by atoms with Gasteiger partial charge >= 0.3 is 0 Å². The van der Waals surface area contributed by atoms with E-state index in [2.05, 4.69) is 36.4 Å². The number of rotatable bonds is 4. The molecule has 0 N–H and O–H groups in total. The van der Waals surface area contributed by atoms with E-state index in [-0.39, 0.29) is 0 Å². The smallest absolute Gasteiger partial charge is 0.167 e. The highest BCUT2D eigenvalue weighted by Crippen LogP contribution is 2.36. The number of benzene rings is 5. The van der Waals surface area contributed by atoms with Crippen LogP contribution < -0.4 is 0 Å². The van der Waals surface area contributed by atoms with Crippen molar-refractivity contribution in [2.24, 2.45) is 0 Å². The van der Waals surface area contributed by atoms with Crippen LogP contribution >= 0.6 is 11.6 Å². The highest BCUT2D eigenvalue weighted by Gasteiger charge is 2.17. The monoisotopic (exact) mass is 509 g/mol. The molecule has 180 valence electrons. The minimum Gasteiger partial charge on any atom is -0.455 e. The van der Waals surface area contributed by atoms with Crippen molar-refractivity contribution in [2.75, 3.05) is 0 Å². The lowest BCUT2D eigenvalue weighted by Gasteiger charge is -2.10. The zero-order valence-corrected chi connectivity index (χ0v) is 20.9. The summed E-state index contributed by atoms with van der Waals surface area (Å²) in [6.45, 7) is 0. The number of fused-ring (bicyclic) bond motifs is 3. The first-order valence-electron chi connectivity index (χ1n) is 12.3. The summed E-state index contributed by atoms with van der Waals surface area (Å²) >= 11 is 6.17. The number of hydrogen-bond acceptors (Lipinski definition) is 4. The molecule has 4 nitrogen and oxygen atoms in total. The Kier molecular flexibility index (Phi) is 5.46. The summed E-state index contributed by atoms with van der Waals surface area (Å²) in [6.07, 6.45) is 0. The van der Waals surface area contributed by atoms with Crippen LogP contribution in [-0.2, 0) is 0 Å². The summed E-state index contributed by atoms with van der Waals surface area (Å²) in [7, 11) is 0. The van der Waals surface area contributed by atoms with Crippen LogP contribution in [-0.4, -0.2) is 15.0 Å². The lowest BCUT2D eigenvalue weighted by atomic mass is 10.0. The van der Waals surface area contributed by atoms with Crippen LogP contribution in [0.2, 0.25) is 5.02 Å². The van der Waals surface area contributed by atoms with E-state index in [0.29, 0.717) is 22.5 Å². The predicted octanol–water partition coefficient (Wildman–Crippen LogP) is 9.09. The van der Waals surface area contributed by atoms with Gasteiger partial charge in [0.25, 0.3) is 0 Å². The van der Waals surface area contributed by atoms with Gasteiger partial charge in [-0.15, -0.1) is 0 Å². The van der Waals surface area contributed by atoms with E-state index in [1.807, 2.05) is 84.9 Å². The second-order valence-corrected chi connectivity index (χ2v) is 9.48. The zero-order chi connectivity index (χ0) is 25.5. The van der Waals surface area contributed by atoms with Gasteiger partial charge in [-0.05, 0) is 53.6 Å². The van der Waals surface area contributed by atoms with Crippen LogP contribution in [0.4, 0.5) is 0 Å². The van der Waals surface area contributed by atoms with Gasteiger partial charge in [-0.25, -0.2) is 15.0 Å². The molecule has 5 aromatic carbocycles. The number of hydrogen-bond donors (Lipinski definition) is 0. The molecule has 0 aliphatic carbocycles. The number of nitrogens with zero attached hydrogens (tertiary/aromatic N) is 3. The van der Waals surface area contributed by atoms with Gasteiger partial charge in [0.15, 0.2) is 17.5 Å². The quantitative estimate of drug-likeness (QED) is 0.237. The third-order valence-corrected chi connectivity index (χ3v) is 6.86. The second kappa shape index (κ2) is 9.25. The lowest BCUT2D eigenvalue weighted by Crippen LogP contribution is -2.00. The van der Waals surface area contributed by atoms with E-state index in [4.69, 9.17) is 31.0 Å². The third-order valence-electron chi connectivity index (χ3n) is 6.61. The standard InChI is InChI=1S/C33H20ClN3O/c34-25-18-16-22(17-19-25)31-35-32(24-11-6-10-23(20-24)21-8-2-1-3-9-21)37-33(36-31)28-14-7-13-27-26-12-4-5-15-29(26)38-30(27)28/h1-20H. The SMILES string of the molecule is Clc1ccc(-c2nc(-c3cccc(-c4ccccc4)c3)nc(-c3cccc4c3oc3ccccc34)n2)cc1. The zero-order valence-electron chi connectivity index (χ0n) is 20.2. The Balaban J connectivity index is 1.45. The maximum Gasteiger partial charge on any atom is 0.167 e. The molecule has 0 unspecified atom stereocenters. The maximum absolute atomic E-state index is 6.30. The van der Waals surface area contributed by atoms with Crippen molar-refractivity contribution in [2.45, 2.75) is 0 Å². The number of para-hydroxylation sites is 2. The molecule has 0 spiro atoms. The molecular formula is C33H20ClN3O. The van der Waals surface area contributed by atoms with Crippen LogP contribution in [0.3, 0.4) is 0 Å². The molecule has 0 radical (unpaired) electrons. The van der Waals surface area contributed by atoms with Gasteiger partial charge in [0, 0.05) is 26.9 Å². The molecule has 7 rings (SSSR count). The van der Waals surface area contributed by atoms with Gasteiger partial charge in [0.2, 0.25) is 0 Å². The van der Waals surface area contributed by atoms with Crippen molar-refractivity contribution >= 4 is 33.5 Å². The Morgan fingerprint density at radius 2 is 1.11 bits per heavy atom. The number of halogens is 1. The Hall–Kier alpha value is -4.80. The van der Waals surface area contributed by atoms with Crippen LogP contribution in [0, 0.1) is 0 Å². The summed E-state index contributed by atoms with van der Waals surface area (Å²) in [4.78, 5) is 14.8. The third kappa shape index (κ3) is 4.01. The average molecular weight is 510 g/mol. The van der Waals surface area contributed by atoms with Gasteiger partial charge in [-0.1, -0.05) is 90.5 Å². The number of furan rings is 1. The van der Waals surface area contributed by atoms with E-state index in [9.17, 15) is 0 Å². The Morgan fingerprint density at radius 3 is 1.95 bits per heavy atom. The summed E-state index contributed by atoms with van der Waals surface area (Å²) in [5, 5.41) is 2.75. The van der Waals surface area contributed by atoms with E-state index in [1.165, 1.54) is 0 Å². The van der Waals surface area contributed by atoms with Crippen LogP contribution in [0.25, 0.3) is 67.2 Å². The first kappa shape index (κ1) is 22.4. The second-order valence-electron chi connectivity index (χ2n) is 9.04. The topological polar surface area (TPSA) is 51.8 Å². The van der Waals surface area contributed by atoms with Crippen LogP contribution in [0.5, 0.6) is 0 Å². The summed E-state index contributed by atoms with van der Waals surface area (Å²) in [6, 6.07) is 40.2. The van der Waals surface area contributed by atoms with Crippen molar-refractivity contribution in [1.82, 2.24) is 15.0 Å². The molecule has 0 atom stereocenters. The molecule has 2 heterocycles. The fraction of sp³-hybridized carbons (Fsp3) is 0. The van der Waals surface area contributed by atoms with E-state index < -0.39 is 0 Å². The Morgan fingerprint density at radius 1 is 0.474 bits per heavy atom. The fourth-order valence-electron chi connectivity index (χ4n) is 4.75. The molecule has 38 heavy (non-hydrogen) atoms. The van der Waals surface area contributed by atoms with Crippen molar-refractivity contribution < 1.29 is 4.42 Å². The van der Waals surface area contributed by atoms with Gasteiger partial charge in [0.05, 0.1) is 5.56 Å². The van der Waals surface area contributed by atoms with E-state index >= 15 is 0 Å². The molecule has 0 saturated carbocycles. The lowest BCUT2D eigenvalue weighted by molar-refractivity contribution is 0.669. The molecule has 5 heteroatoms. The summed E-state index contributed by atoms with van der Waals surface area (Å²) in [5.74, 6) is 1.71. The van der Waals surface area contributed by atoms with Gasteiger partial charge in [-0.2, -0.15) is 0 Å². The Bertz CT molecular complexity index is 1930. The molecule has 0 saturated heterocycles. The van der Waals surface area contributed by atoms with E-state index in [0.717, 1.165) is 49.8 Å². The van der Waals surface area contributed by atoms with Crippen molar-refractivity contribution in [3.63, 3.8) is 0 Å². The maximum atomic E-state index is 6.30. The van der Waals surface area contributed by atoms with Crippen molar-refractivity contribution in [1.29, 1.82) is 0 Å². The first-order valence-corrected chi connectivity index (χ1v) is 12.7. The van der Waals surface area contributed by atoms with Gasteiger partial charge in [0.1, 0.15) is 11.2 Å². The predicted molar refractivity (Wildman–Crippen MR) is 154 cm³/mol. The molecule has 0 amide bonds. The molecule has 0 fully saturated rings. The first-order chi connectivity index (χ1) is 18.7. The van der Waals surface area contributed by atoms with Gasteiger partial charge < -0.3 is 4.42 Å². The summed E-state index contributed by atoms with van der Waals surface area (Å²) in [5.41, 5.74) is 6.39. The average Bonchev–Trinajstić information content (AvgIpc) is 3.37. The van der Waals surface area contributed by atoms with Crippen molar-refractivity contribution in [3.05, 3.63) is 126 Å². The fourth-order valence-corrected chi connectivity index (χ4v) is 4.87.